The highest BCUT2D eigenvalue weighted by molar-refractivity contribution is 7.80. The third-order valence-corrected chi connectivity index (χ3v) is 5.99. The average Bonchev–Trinajstić information content (AvgIpc) is 3.13. The van der Waals surface area contributed by atoms with E-state index in [1.165, 1.54) is 11.1 Å². The number of imidazole rings is 1. The number of likely N-dealkylation sites (tertiary alicyclic amines) is 1. The topological polar surface area (TPSA) is 53.2 Å². The monoisotopic (exact) mass is 408 g/mol. The summed E-state index contributed by atoms with van der Waals surface area (Å²) in [4.78, 5) is 10.7. The number of nitrogens with one attached hydrogen (secondary N) is 2. The number of aromatic amines is 1. The average molecular weight is 409 g/mol. The van der Waals surface area contributed by atoms with Crippen molar-refractivity contribution in [2.45, 2.75) is 39.5 Å². The first-order valence-corrected chi connectivity index (χ1v) is 10.7. The number of aromatic nitrogens is 2. The zero-order valence-electron chi connectivity index (χ0n) is 17.3. The maximum Gasteiger partial charge on any atom is 0.173 e. The highest BCUT2D eigenvalue weighted by Crippen LogP contribution is 2.28. The fourth-order valence-electron chi connectivity index (χ4n) is 3.87. The predicted octanol–water partition coefficient (Wildman–Crippen LogP) is 5.15. The van der Waals surface area contributed by atoms with Gasteiger partial charge in [0.2, 0.25) is 0 Å². The van der Waals surface area contributed by atoms with E-state index in [4.69, 9.17) is 21.9 Å². The van der Waals surface area contributed by atoms with Gasteiger partial charge >= 0.3 is 0 Å². The van der Waals surface area contributed by atoms with Crippen LogP contribution in [0, 0.1) is 13.8 Å². The molecule has 1 aromatic heterocycles. The molecule has 2 heterocycles. The summed E-state index contributed by atoms with van der Waals surface area (Å²) in [6.45, 7) is 8.78. The van der Waals surface area contributed by atoms with Crippen LogP contribution in [0.3, 0.4) is 0 Å². The molecule has 1 saturated heterocycles. The number of nitrogens with zero attached hydrogens (tertiary/aromatic N) is 2. The molecule has 3 aromatic rings. The Kier molecular flexibility index (Phi) is 5.72. The number of hydrogen-bond donors (Lipinski definition) is 2. The van der Waals surface area contributed by atoms with Crippen molar-refractivity contribution in [3.8, 4) is 5.75 Å². The summed E-state index contributed by atoms with van der Waals surface area (Å²) in [7, 11) is 0. The third kappa shape index (κ3) is 4.37. The van der Waals surface area contributed by atoms with Crippen molar-refractivity contribution in [1.29, 1.82) is 0 Å². The Bertz CT molecular complexity index is 973. The van der Waals surface area contributed by atoms with Crippen LogP contribution in [0.2, 0.25) is 0 Å². The number of aryl methyl sites for hydroxylation is 2. The number of ether oxygens (including phenoxy) is 1. The SMILES string of the molecule is CCOc1ccc(NC(=S)N2CCCC(c3nc4cc(C)c(C)cc4[nH]3)C2)cc1. The zero-order valence-corrected chi connectivity index (χ0v) is 18.1. The minimum absolute atomic E-state index is 0.358. The fourth-order valence-corrected chi connectivity index (χ4v) is 4.15. The Morgan fingerprint density at radius 1 is 1.24 bits per heavy atom. The van der Waals surface area contributed by atoms with Crippen molar-refractivity contribution < 1.29 is 4.74 Å². The van der Waals surface area contributed by atoms with Crippen molar-refractivity contribution >= 4 is 34.1 Å². The lowest BCUT2D eigenvalue weighted by molar-refractivity contribution is 0.307. The Hall–Kier alpha value is -2.60. The van der Waals surface area contributed by atoms with Gasteiger partial charge in [-0.05, 0) is 93.4 Å². The first-order valence-electron chi connectivity index (χ1n) is 10.3. The summed E-state index contributed by atoms with van der Waals surface area (Å²) in [6.07, 6.45) is 2.23. The van der Waals surface area contributed by atoms with Gasteiger partial charge in [0.25, 0.3) is 0 Å². The Morgan fingerprint density at radius 3 is 2.76 bits per heavy atom. The summed E-state index contributed by atoms with van der Waals surface area (Å²) >= 11 is 5.69. The van der Waals surface area contributed by atoms with Crippen LogP contribution in [0.5, 0.6) is 5.75 Å². The molecule has 0 radical (unpaired) electrons. The van der Waals surface area contributed by atoms with Crippen LogP contribution >= 0.6 is 12.2 Å². The Balaban J connectivity index is 1.44. The van der Waals surface area contributed by atoms with Crippen molar-refractivity contribution in [3.05, 3.63) is 53.3 Å². The first kappa shape index (κ1) is 19.7. The van der Waals surface area contributed by atoms with E-state index in [1.54, 1.807) is 0 Å². The molecule has 152 valence electrons. The van der Waals surface area contributed by atoms with Crippen LogP contribution < -0.4 is 10.1 Å². The standard InChI is InChI=1S/C23H28N4OS/c1-4-28-19-9-7-18(8-10-19)24-23(29)27-11-5-6-17(14-27)22-25-20-12-15(2)16(3)13-21(20)26-22/h7-10,12-13,17H,4-6,11,14H2,1-3H3,(H,24,29)(H,25,26). The van der Waals surface area contributed by atoms with E-state index in [9.17, 15) is 0 Å². The van der Waals surface area contributed by atoms with Crippen LogP contribution in [0.15, 0.2) is 36.4 Å². The van der Waals surface area contributed by atoms with Gasteiger partial charge in [-0.3, -0.25) is 0 Å². The van der Waals surface area contributed by atoms with Gasteiger partial charge < -0.3 is 19.9 Å². The highest BCUT2D eigenvalue weighted by atomic mass is 32.1. The predicted molar refractivity (Wildman–Crippen MR) is 123 cm³/mol. The molecule has 2 aromatic carbocycles. The molecule has 1 aliphatic heterocycles. The molecule has 0 aliphatic carbocycles. The summed E-state index contributed by atoms with van der Waals surface area (Å²) in [5.41, 5.74) is 5.72. The number of piperidine rings is 1. The van der Waals surface area contributed by atoms with E-state index in [2.05, 4.69) is 41.2 Å². The number of fused-ring (bicyclic) bond motifs is 1. The van der Waals surface area contributed by atoms with Crippen LogP contribution in [-0.4, -0.2) is 39.7 Å². The summed E-state index contributed by atoms with van der Waals surface area (Å²) in [5, 5.41) is 4.13. The van der Waals surface area contributed by atoms with Crippen LogP contribution in [-0.2, 0) is 0 Å². The van der Waals surface area contributed by atoms with Gasteiger partial charge in [0.15, 0.2) is 5.11 Å². The van der Waals surface area contributed by atoms with Crippen LogP contribution in [0.25, 0.3) is 11.0 Å². The molecule has 1 unspecified atom stereocenters. The van der Waals surface area contributed by atoms with E-state index in [0.717, 1.165) is 59.3 Å². The molecule has 2 N–H and O–H groups in total. The lowest BCUT2D eigenvalue weighted by Gasteiger charge is -2.33. The minimum Gasteiger partial charge on any atom is -0.494 e. The quantitative estimate of drug-likeness (QED) is 0.585. The number of hydrogen-bond acceptors (Lipinski definition) is 3. The van der Waals surface area contributed by atoms with Gasteiger partial charge in [0, 0.05) is 24.7 Å². The molecular formula is C23H28N4OS. The number of anilines is 1. The molecule has 1 fully saturated rings. The van der Waals surface area contributed by atoms with Gasteiger partial charge in [-0.25, -0.2) is 4.98 Å². The van der Waals surface area contributed by atoms with E-state index in [1.807, 2.05) is 31.2 Å². The maximum atomic E-state index is 5.69. The molecule has 29 heavy (non-hydrogen) atoms. The number of benzene rings is 2. The molecule has 0 bridgehead atoms. The Morgan fingerprint density at radius 2 is 2.00 bits per heavy atom. The summed E-state index contributed by atoms with van der Waals surface area (Å²) < 4.78 is 5.50. The normalized spacial score (nSPS) is 16.8. The second-order valence-corrected chi connectivity index (χ2v) is 8.14. The molecule has 1 atom stereocenters. The van der Waals surface area contributed by atoms with Crippen LogP contribution in [0.4, 0.5) is 5.69 Å². The second-order valence-electron chi connectivity index (χ2n) is 7.75. The smallest absolute Gasteiger partial charge is 0.173 e. The number of thiocarbonyl (C=S) groups is 1. The van der Waals surface area contributed by atoms with E-state index >= 15 is 0 Å². The second kappa shape index (κ2) is 8.41. The zero-order chi connectivity index (χ0) is 20.4. The van der Waals surface area contributed by atoms with Gasteiger partial charge in [-0.1, -0.05) is 0 Å². The van der Waals surface area contributed by atoms with Crippen molar-refractivity contribution in [2.24, 2.45) is 0 Å². The molecule has 5 nitrogen and oxygen atoms in total. The van der Waals surface area contributed by atoms with Crippen molar-refractivity contribution in [2.75, 3.05) is 25.0 Å². The number of H-pyrrole nitrogens is 1. The molecular weight excluding hydrogens is 380 g/mol. The highest BCUT2D eigenvalue weighted by Gasteiger charge is 2.25. The molecule has 0 spiro atoms. The van der Waals surface area contributed by atoms with E-state index in [0.29, 0.717) is 12.5 Å². The lowest BCUT2D eigenvalue weighted by Crippen LogP contribution is -2.41. The van der Waals surface area contributed by atoms with Gasteiger partial charge in [0.05, 0.1) is 17.6 Å². The molecule has 1 aliphatic rings. The first-order chi connectivity index (χ1) is 14.0. The summed E-state index contributed by atoms with van der Waals surface area (Å²) in [5.74, 6) is 2.30. The van der Waals surface area contributed by atoms with Crippen LogP contribution in [0.1, 0.15) is 42.6 Å². The molecule has 4 rings (SSSR count). The largest absolute Gasteiger partial charge is 0.494 e. The maximum absolute atomic E-state index is 5.69. The number of rotatable bonds is 4. The lowest BCUT2D eigenvalue weighted by atomic mass is 9.98. The third-order valence-electron chi connectivity index (χ3n) is 5.63. The summed E-state index contributed by atoms with van der Waals surface area (Å²) in [6, 6.07) is 12.3. The van der Waals surface area contributed by atoms with E-state index < -0.39 is 0 Å². The molecule has 0 saturated carbocycles. The molecule has 0 amide bonds. The van der Waals surface area contributed by atoms with E-state index in [-0.39, 0.29) is 0 Å². The van der Waals surface area contributed by atoms with Gasteiger partial charge in [-0.15, -0.1) is 0 Å². The fraction of sp³-hybridized carbons (Fsp3) is 0.391. The Labute approximate surface area is 177 Å². The minimum atomic E-state index is 0.358. The van der Waals surface area contributed by atoms with Gasteiger partial charge in [-0.2, -0.15) is 0 Å². The molecule has 6 heteroatoms. The van der Waals surface area contributed by atoms with Crippen molar-refractivity contribution in [1.82, 2.24) is 14.9 Å². The van der Waals surface area contributed by atoms with Gasteiger partial charge in [0.1, 0.15) is 11.6 Å². The van der Waals surface area contributed by atoms with Crippen molar-refractivity contribution in [3.63, 3.8) is 0 Å².